The molecule has 2 aromatic heterocycles. The van der Waals surface area contributed by atoms with E-state index >= 15 is 0 Å². The lowest BCUT2D eigenvalue weighted by Crippen LogP contribution is -2.53. The smallest absolute Gasteiger partial charge is 0.350 e. The highest BCUT2D eigenvalue weighted by molar-refractivity contribution is 7.17. The minimum absolute atomic E-state index is 0.0381. The first-order valence-electron chi connectivity index (χ1n) is 11.5. The number of carbonyl (C=O) groups is 2. The molecule has 4 heterocycles. The lowest BCUT2D eigenvalue weighted by atomic mass is 10.1. The molecule has 0 saturated carbocycles. The van der Waals surface area contributed by atoms with Crippen molar-refractivity contribution in [3.05, 3.63) is 33.2 Å². The van der Waals surface area contributed by atoms with Crippen molar-refractivity contribution >= 4 is 52.0 Å². The number of nitrogens with zero attached hydrogens (tertiary/aromatic N) is 4. The van der Waals surface area contributed by atoms with E-state index in [9.17, 15) is 9.59 Å². The number of halogens is 2. The molecule has 1 amide bonds. The van der Waals surface area contributed by atoms with E-state index in [4.69, 9.17) is 37.7 Å². The van der Waals surface area contributed by atoms with E-state index in [0.29, 0.717) is 52.2 Å². The number of allylic oxidation sites excluding steroid dienone is 1. The molecule has 194 valence electrons. The number of amides is 1. The summed E-state index contributed by atoms with van der Waals surface area (Å²) in [6.45, 7) is 7.03. The predicted octanol–water partition coefficient (Wildman–Crippen LogP) is 3.11. The fraction of sp³-hybridized carbons (Fsp3) is 0.522. The Hall–Kier alpha value is -2.47. The van der Waals surface area contributed by atoms with Crippen molar-refractivity contribution in [1.82, 2.24) is 25.6 Å². The zero-order valence-electron chi connectivity index (χ0n) is 20.4. The number of nitrogens with one attached hydrogen (secondary N) is 2. The van der Waals surface area contributed by atoms with E-state index in [2.05, 4.69) is 25.5 Å². The molecule has 0 bridgehead atoms. The number of esters is 1. The maximum atomic E-state index is 12.5. The predicted molar refractivity (Wildman–Crippen MR) is 138 cm³/mol. The van der Waals surface area contributed by atoms with E-state index in [0.717, 1.165) is 23.7 Å². The van der Waals surface area contributed by atoms with Crippen molar-refractivity contribution in [1.29, 1.82) is 0 Å². The van der Waals surface area contributed by atoms with Crippen LogP contribution in [0.1, 0.15) is 40.8 Å². The molecular weight excluding hydrogens is 527 g/mol. The summed E-state index contributed by atoms with van der Waals surface area (Å²) in [6.07, 6.45) is 3.13. The molecule has 4 rings (SSSR count). The molecule has 0 radical (unpaired) electrons. The van der Waals surface area contributed by atoms with Crippen LogP contribution in [0.4, 0.5) is 5.13 Å². The quantitative estimate of drug-likeness (QED) is 0.288. The Morgan fingerprint density at radius 2 is 2.03 bits per heavy atom. The number of ether oxygens (including phenoxy) is 2. The highest BCUT2D eigenvalue weighted by atomic mass is 35.5. The minimum Gasteiger partial charge on any atom is -0.465 e. The van der Waals surface area contributed by atoms with Gasteiger partial charge in [-0.3, -0.25) is 14.8 Å². The summed E-state index contributed by atoms with van der Waals surface area (Å²) in [5, 5.41) is 6.90. The summed E-state index contributed by atoms with van der Waals surface area (Å²) in [6, 6.07) is 0. The van der Waals surface area contributed by atoms with Gasteiger partial charge in [-0.15, -0.1) is 11.6 Å². The van der Waals surface area contributed by atoms with Crippen molar-refractivity contribution < 1.29 is 19.1 Å². The summed E-state index contributed by atoms with van der Waals surface area (Å²) in [5.41, 5.74) is 3.25. The number of thiazole rings is 1. The third-order valence-corrected chi connectivity index (χ3v) is 8.60. The van der Waals surface area contributed by atoms with Crippen molar-refractivity contribution in [2.24, 2.45) is 0 Å². The number of piperidine rings is 1. The van der Waals surface area contributed by atoms with Crippen LogP contribution in [0.2, 0.25) is 0 Å². The van der Waals surface area contributed by atoms with Crippen LogP contribution in [0.5, 0.6) is 0 Å². The number of aromatic nitrogens is 3. The van der Waals surface area contributed by atoms with Gasteiger partial charge in [0.1, 0.15) is 27.3 Å². The third kappa shape index (κ3) is 5.15. The molecule has 1 saturated heterocycles. The molecule has 13 heteroatoms. The summed E-state index contributed by atoms with van der Waals surface area (Å²) < 4.78 is 11.1. The number of hydrogen-bond donors (Lipinski definition) is 2. The van der Waals surface area contributed by atoms with Gasteiger partial charge in [-0.25, -0.2) is 9.78 Å². The fourth-order valence-electron chi connectivity index (χ4n) is 4.34. The van der Waals surface area contributed by atoms with Gasteiger partial charge in [0.25, 0.3) is 0 Å². The Morgan fingerprint density at radius 1 is 1.31 bits per heavy atom. The molecule has 2 aromatic rings. The molecule has 2 N–H and O–H groups in total. The molecule has 2 atom stereocenters. The molecule has 10 nitrogen and oxygen atoms in total. The first-order valence-corrected chi connectivity index (χ1v) is 13.0. The van der Waals surface area contributed by atoms with Crippen LogP contribution >= 0.6 is 34.5 Å². The Kier molecular flexibility index (Phi) is 8.03. The number of hydrogen-bond acceptors (Lipinski definition) is 10. The second kappa shape index (κ2) is 10.9. The molecule has 1 unspecified atom stereocenters. The lowest BCUT2D eigenvalue weighted by Gasteiger charge is -2.35. The van der Waals surface area contributed by atoms with Crippen LogP contribution in [-0.4, -0.2) is 71.3 Å². The number of alkyl halides is 1. The summed E-state index contributed by atoms with van der Waals surface area (Å²) in [4.78, 5) is 38.6. The van der Waals surface area contributed by atoms with Gasteiger partial charge in [-0.05, 0) is 33.6 Å². The van der Waals surface area contributed by atoms with Crippen molar-refractivity contribution in [2.75, 3.05) is 31.7 Å². The molecule has 1 fully saturated rings. The average molecular weight is 555 g/mol. The number of carbonyl (C=O) groups excluding carboxylic acids is 2. The largest absolute Gasteiger partial charge is 0.465 e. The lowest BCUT2D eigenvalue weighted by molar-refractivity contribution is -0.110. The van der Waals surface area contributed by atoms with Gasteiger partial charge in [-0.1, -0.05) is 22.9 Å². The van der Waals surface area contributed by atoms with Gasteiger partial charge in [-0.2, -0.15) is 0 Å². The average Bonchev–Trinajstić information content (AvgIpc) is 3.39. The zero-order chi connectivity index (χ0) is 26.0. The molecule has 36 heavy (non-hydrogen) atoms. The maximum Gasteiger partial charge on any atom is 0.350 e. The first-order chi connectivity index (χ1) is 17.2. The first kappa shape index (κ1) is 26.6. The Bertz CT molecular complexity index is 1180. The number of methoxy groups -OCH3 is 1. The molecule has 2 aliphatic rings. The van der Waals surface area contributed by atoms with Gasteiger partial charge in [0.05, 0.1) is 36.2 Å². The highest BCUT2D eigenvalue weighted by Gasteiger charge is 2.47. The van der Waals surface area contributed by atoms with Gasteiger partial charge in [0.15, 0.2) is 5.13 Å². The fourth-order valence-corrected chi connectivity index (χ4v) is 5.92. The molecule has 0 aliphatic carbocycles. The van der Waals surface area contributed by atoms with Crippen LogP contribution in [0.15, 0.2) is 16.9 Å². The van der Waals surface area contributed by atoms with Gasteiger partial charge in [0, 0.05) is 25.0 Å². The highest BCUT2D eigenvalue weighted by Crippen LogP contribution is 2.39. The van der Waals surface area contributed by atoms with E-state index in [1.165, 1.54) is 18.4 Å². The molecule has 0 aromatic carbocycles. The van der Waals surface area contributed by atoms with Gasteiger partial charge < -0.3 is 25.0 Å². The van der Waals surface area contributed by atoms with Crippen LogP contribution < -0.4 is 15.5 Å². The summed E-state index contributed by atoms with van der Waals surface area (Å²) in [5.74, 6) is -0.454. The van der Waals surface area contributed by atoms with Crippen molar-refractivity contribution in [3.8, 4) is 11.4 Å². The van der Waals surface area contributed by atoms with E-state index < -0.39 is 17.0 Å². The number of aryl methyl sites for hydroxylation is 2. The summed E-state index contributed by atoms with van der Waals surface area (Å²) >= 11 is 14.5. The standard InChI is InChI=1S/C23H28Cl2N6O4S/c1-12-9-26-16(13(2)28-12)17-18(20(33)34-4)36-22(30-17)31-7-5-15(6-8-31)35-10-23(25)19(24)14(3)29-21(23)27-11-32/h9,11,15,21,29H,5-8,10H2,1-4H3,(H,27,32)/t21?,23-/m0/s1. The second-order valence-corrected chi connectivity index (χ2v) is 10.8. The Morgan fingerprint density at radius 3 is 2.67 bits per heavy atom. The third-order valence-electron chi connectivity index (χ3n) is 6.27. The van der Waals surface area contributed by atoms with Crippen molar-refractivity contribution in [2.45, 2.75) is 50.8 Å². The van der Waals surface area contributed by atoms with Crippen molar-refractivity contribution in [3.63, 3.8) is 0 Å². The zero-order valence-corrected chi connectivity index (χ0v) is 22.8. The monoisotopic (exact) mass is 554 g/mol. The molecule has 0 spiro atoms. The summed E-state index contributed by atoms with van der Waals surface area (Å²) in [7, 11) is 1.35. The topological polar surface area (TPSA) is 119 Å². The number of rotatable bonds is 8. The maximum absolute atomic E-state index is 12.5. The molecular formula is C23H28Cl2N6O4S. The Labute approximate surface area is 223 Å². The normalized spacial score (nSPS) is 22.5. The van der Waals surface area contributed by atoms with Gasteiger partial charge >= 0.3 is 5.97 Å². The Balaban J connectivity index is 1.44. The van der Waals surface area contributed by atoms with Crippen LogP contribution in [0, 0.1) is 13.8 Å². The van der Waals surface area contributed by atoms with E-state index in [-0.39, 0.29) is 12.7 Å². The molecule has 2 aliphatic heterocycles. The van der Waals surface area contributed by atoms with Crippen LogP contribution in [0.25, 0.3) is 11.4 Å². The van der Waals surface area contributed by atoms with Gasteiger partial charge in [0.2, 0.25) is 6.41 Å². The number of anilines is 1. The van der Waals surface area contributed by atoms with Crippen LogP contribution in [0.3, 0.4) is 0 Å². The van der Waals surface area contributed by atoms with E-state index in [1.807, 2.05) is 13.8 Å². The van der Waals surface area contributed by atoms with Crippen LogP contribution in [-0.2, 0) is 14.3 Å². The minimum atomic E-state index is -1.07. The SMILES string of the molecule is COC(=O)c1sc(N2CCC(OC[C@]3(Cl)C(Cl)=C(C)NC3NC=O)CC2)nc1-c1ncc(C)nc1C. The second-order valence-electron chi connectivity index (χ2n) is 8.77. The van der Waals surface area contributed by atoms with E-state index in [1.54, 1.807) is 13.1 Å².